The summed E-state index contributed by atoms with van der Waals surface area (Å²) in [5, 5.41) is -0.0425. The van der Waals surface area contributed by atoms with E-state index in [2.05, 4.69) is 0 Å². The molecule has 6 heteroatoms. The van der Waals surface area contributed by atoms with E-state index >= 15 is 0 Å². The lowest BCUT2D eigenvalue weighted by Gasteiger charge is -2.36. The van der Waals surface area contributed by atoms with Crippen LogP contribution >= 0.6 is 0 Å². The van der Waals surface area contributed by atoms with Crippen molar-refractivity contribution in [2.24, 2.45) is 0 Å². The van der Waals surface area contributed by atoms with E-state index in [0.717, 1.165) is 6.07 Å². The number of alkyl halides is 3. The number of nitrogen functional groups attached to an aromatic ring is 1. The van der Waals surface area contributed by atoms with E-state index < -0.39 is 20.1 Å². The molecule has 0 heterocycles. The number of anilines is 1. The molecule has 1 rings (SSSR count). The molecule has 2 N–H and O–H groups in total. The average Bonchev–Trinajstić information content (AvgIpc) is 2.24. The molecule has 0 saturated carbocycles. The van der Waals surface area contributed by atoms with Crippen LogP contribution in [0.25, 0.3) is 0 Å². The highest BCUT2D eigenvalue weighted by Crippen LogP contribution is 2.38. The maximum atomic E-state index is 13.0. The second-order valence-corrected chi connectivity index (χ2v) is 11.3. The van der Waals surface area contributed by atoms with Crippen molar-refractivity contribution in [3.63, 3.8) is 0 Å². The van der Waals surface area contributed by atoms with Crippen LogP contribution in [0, 0.1) is 0 Å². The van der Waals surface area contributed by atoms with Crippen molar-refractivity contribution in [3.05, 3.63) is 29.3 Å². The number of hydrogen-bond acceptors (Lipinski definition) is 2. The van der Waals surface area contributed by atoms with Gasteiger partial charge in [-0.25, -0.2) is 0 Å². The Hall–Kier alpha value is -1.01. The Morgan fingerprint density at radius 2 is 1.70 bits per heavy atom. The SMILES string of the molecule is CC(C)(C)[Si](C)(C)OCc1ccc(N)cc1C(F)(F)F. The largest absolute Gasteiger partial charge is 0.416 e. The van der Waals surface area contributed by atoms with E-state index in [1.807, 2.05) is 33.9 Å². The first-order chi connectivity index (χ1) is 8.84. The zero-order chi connectivity index (χ0) is 15.8. The Labute approximate surface area is 119 Å². The fourth-order valence-corrected chi connectivity index (χ4v) is 2.41. The molecule has 0 amide bonds. The van der Waals surface area contributed by atoms with Crippen molar-refractivity contribution in [2.75, 3.05) is 5.73 Å². The molecule has 0 fully saturated rings. The first-order valence-corrected chi connectivity index (χ1v) is 9.35. The van der Waals surface area contributed by atoms with Crippen molar-refractivity contribution in [1.29, 1.82) is 0 Å². The van der Waals surface area contributed by atoms with Gasteiger partial charge in [0.1, 0.15) is 0 Å². The number of halogens is 3. The molecule has 2 nitrogen and oxygen atoms in total. The fourth-order valence-electron chi connectivity index (χ4n) is 1.46. The van der Waals surface area contributed by atoms with Crippen LogP contribution < -0.4 is 5.73 Å². The highest BCUT2D eigenvalue weighted by Gasteiger charge is 2.38. The molecule has 0 aromatic heterocycles. The number of nitrogens with two attached hydrogens (primary N) is 1. The molecule has 0 aliphatic carbocycles. The summed E-state index contributed by atoms with van der Waals surface area (Å²) in [4.78, 5) is 0. The summed E-state index contributed by atoms with van der Waals surface area (Å²) in [7, 11) is -2.08. The highest BCUT2D eigenvalue weighted by atomic mass is 28.4. The van der Waals surface area contributed by atoms with Crippen molar-refractivity contribution >= 4 is 14.0 Å². The minimum atomic E-state index is -4.42. The predicted octanol–water partition coefficient (Wildman–Crippen LogP) is 4.81. The van der Waals surface area contributed by atoms with Gasteiger partial charge in [-0.15, -0.1) is 0 Å². The normalized spacial score (nSPS) is 13.6. The van der Waals surface area contributed by atoms with Gasteiger partial charge in [-0.05, 0) is 35.8 Å². The van der Waals surface area contributed by atoms with Crippen molar-refractivity contribution in [1.82, 2.24) is 0 Å². The first-order valence-electron chi connectivity index (χ1n) is 6.44. The lowest BCUT2D eigenvalue weighted by Crippen LogP contribution is -2.40. The molecule has 0 bridgehead atoms. The Morgan fingerprint density at radius 3 is 2.15 bits per heavy atom. The van der Waals surface area contributed by atoms with E-state index in [1.165, 1.54) is 12.1 Å². The van der Waals surface area contributed by atoms with Crippen LogP contribution in [0.15, 0.2) is 18.2 Å². The summed E-state index contributed by atoms with van der Waals surface area (Å²) in [6, 6.07) is 3.83. The Balaban J connectivity index is 3.00. The summed E-state index contributed by atoms with van der Waals surface area (Å²) in [5.74, 6) is 0. The zero-order valence-electron chi connectivity index (χ0n) is 12.6. The maximum Gasteiger partial charge on any atom is 0.416 e. The highest BCUT2D eigenvalue weighted by molar-refractivity contribution is 6.74. The van der Waals surface area contributed by atoms with Crippen molar-refractivity contribution in [3.8, 4) is 0 Å². The second-order valence-electron chi connectivity index (χ2n) is 6.46. The summed E-state index contributed by atoms with van der Waals surface area (Å²) in [5.41, 5.74) is 4.97. The van der Waals surface area contributed by atoms with Gasteiger partial charge in [0, 0.05) is 5.69 Å². The minimum Gasteiger partial charge on any atom is -0.413 e. The van der Waals surface area contributed by atoms with Crippen LogP contribution in [0.5, 0.6) is 0 Å². The molecule has 0 atom stereocenters. The van der Waals surface area contributed by atoms with Gasteiger partial charge < -0.3 is 10.2 Å². The second kappa shape index (κ2) is 5.41. The molecule has 0 aliphatic heterocycles. The Morgan fingerprint density at radius 1 is 1.15 bits per heavy atom. The predicted molar refractivity (Wildman–Crippen MR) is 77.8 cm³/mol. The third-order valence-corrected chi connectivity index (χ3v) is 8.31. The first kappa shape index (κ1) is 17.0. The lowest BCUT2D eigenvalue weighted by molar-refractivity contribution is -0.138. The molecule has 1 aromatic rings. The van der Waals surface area contributed by atoms with Crippen molar-refractivity contribution < 1.29 is 17.6 Å². The van der Waals surface area contributed by atoms with Crippen LogP contribution in [0.2, 0.25) is 18.1 Å². The fraction of sp³-hybridized carbons (Fsp3) is 0.571. The maximum absolute atomic E-state index is 13.0. The molecule has 114 valence electrons. The van der Waals surface area contributed by atoms with Gasteiger partial charge in [0.05, 0.1) is 12.2 Å². The number of rotatable bonds is 3. The molecule has 0 unspecified atom stereocenters. The molecule has 0 saturated heterocycles. The van der Waals surface area contributed by atoms with E-state index in [-0.39, 0.29) is 22.9 Å². The Bertz CT molecular complexity index is 478. The topological polar surface area (TPSA) is 35.2 Å². The minimum absolute atomic E-state index is 0.0361. The average molecular weight is 305 g/mol. The van der Waals surface area contributed by atoms with Gasteiger partial charge in [0.2, 0.25) is 0 Å². The van der Waals surface area contributed by atoms with E-state index in [4.69, 9.17) is 10.2 Å². The van der Waals surface area contributed by atoms with Gasteiger partial charge in [0.25, 0.3) is 0 Å². The quantitative estimate of drug-likeness (QED) is 0.642. The van der Waals surface area contributed by atoms with Gasteiger partial charge in [-0.3, -0.25) is 0 Å². The van der Waals surface area contributed by atoms with Crippen LogP contribution in [-0.4, -0.2) is 8.32 Å². The summed E-state index contributed by atoms with van der Waals surface area (Å²) in [6.07, 6.45) is -4.42. The molecule has 20 heavy (non-hydrogen) atoms. The third kappa shape index (κ3) is 3.99. The third-order valence-electron chi connectivity index (χ3n) is 3.83. The molecular formula is C14H22F3NOSi. The zero-order valence-corrected chi connectivity index (χ0v) is 13.6. The van der Waals surface area contributed by atoms with Crippen LogP contribution in [-0.2, 0) is 17.2 Å². The van der Waals surface area contributed by atoms with Gasteiger partial charge in [-0.2, -0.15) is 13.2 Å². The summed E-state index contributed by atoms with van der Waals surface area (Å²) in [6.45, 7) is 10.1. The monoisotopic (exact) mass is 305 g/mol. The van der Waals surface area contributed by atoms with E-state index in [0.29, 0.717) is 0 Å². The molecule has 0 aliphatic rings. The lowest BCUT2D eigenvalue weighted by atomic mass is 10.1. The van der Waals surface area contributed by atoms with E-state index in [1.54, 1.807) is 0 Å². The standard InChI is InChI=1S/C14H22F3NOSi/c1-13(2,3)20(4,5)19-9-10-6-7-11(18)8-12(10)14(15,16)17/h6-8H,9,18H2,1-5H3. The van der Waals surface area contributed by atoms with Crippen LogP contribution in [0.3, 0.4) is 0 Å². The van der Waals surface area contributed by atoms with E-state index in [9.17, 15) is 13.2 Å². The molecule has 1 aromatic carbocycles. The molecular weight excluding hydrogens is 283 g/mol. The molecule has 0 spiro atoms. The summed E-state index contributed by atoms with van der Waals surface area (Å²) >= 11 is 0. The smallest absolute Gasteiger partial charge is 0.413 e. The number of benzene rings is 1. The van der Waals surface area contributed by atoms with Crippen molar-refractivity contribution in [2.45, 2.75) is 51.7 Å². The number of hydrogen-bond donors (Lipinski definition) is 1. The summed E-state index contributed by atoms with van der Waals surface area (Å²) < 4.78 is 44.8. The van der Waals surface area contributed by atoms with Gasteiger partial charge in [-0.1, -0.05) is 26.8 Å². The Kier molecular flexibility index (Phi) is 4.61. The van der Waals surface area contributed by atoms with Crippen LogP contribution in [0.4, 0.5) is 18.9 Å². The molecule has 0 radical (unpaired) electrons. The van der Waals surface area contributed by atoms with Crippen LogP contribution in [0.1, 0.15) is 31.9 Å². The van der Waals surface area contributed by atoms with Gasteiger partial charge in [0.15, 0.2) is 8.32 Å². The van der Waals surface area contributed by atoms with Gasteiger partial charge >= 0.3 is 6.18 Å².